The minimum absolute atomic E-state index is 0.0878. The van der Waals surface area contributed by atoms with Crippen LogP contribution >= 0.6 is 0 Å². The molecule has 0 atom stereocenters. The van der Waals surface area contributed by atoms with E-state index in [-0.39, 0.29) is 17.3 Å². The van der Waals surface area contributed by atoms with E-state index in [0.717, 1.165) is 17.4 Å². The third kappa shape index (κ3) is 2.05. The van der Waals surface area contributed by atoms with Crippen molar-refractivity contribution in [3.8, 4) is 0 Å². The summed E-state index contributed by atoms with van der Waals surface area (Å²) in [6, 6.07) is 2.81. The molecule has 1 saturated carbocycles. The van der Waals surface area contributed by atoms with Gasteiger partial charge in [-0.05, 0) is 18.9 Å². The van der Waals surface area contributed by atoms with Gasteiger partial charge in [0.25, 0.3) is 12.3 Å². The number of amides is 1. The van der Waals surface area contributed by atoms with E-state index in [1.54, 1.807) is 0 Å². The quantitative estimate of drug-likeness (QED) is 0.923. The van der Waals surface area contributed by atoms with Gasteiger partial charge in [0.2, 0.25) is 0 Å². The van der Waals surface area contributed by atoms with Crippen molar-refractivity contribution in [1.82, 2.24) is 19.9 Å². The van der Waals surface area contributed by atoms with Crippen LogP contribution in [0.15, 0.2) is 12.1 Å². The minimum atomic E-state index is -2.65. The van der Waals surface area contributed by atoms with Gasteiger partial charge in [-0.25, -0.2) is 18.3 Å². The summed E-state index contributed by atoms with van der Waals surface area (Å²) >= 11 is 0. The molecule has 1 amide bonds. The fraction of sp³-hybridized carbons (Fsp3) is 0.417. The molecule has 2 aromatic rings. The molecule has 2 heterocycles. The molecule has 1 aliphatic rings. The van der Waals surface area contributed by atoms with E-state index in [1.165, 1.54) is 19.2 Å². The smallest absolute Gasteiger partial charge is 0.280 e. The fourth-order valence-corrected chi connectivity index (χ4v) is 2.00. The van der Waals surface area contributed by atoms with E-state index >= 15 is 0 Å². The summed E-state index contributed by atoms with van der Waals surface area (Å²) in [7, 11) is 1.46. The average Bonchev–Trinajstić information content (AvgIpc) is 3.15. The van der Waals surface area contributed by atoms with E-state index < -0.39 is 12.3 Å². The topological polar surface area (TPSA) is 59.3 Å². The van der Waals surface area contributed by atoms with Gasteiger partial charge < -0.3 is 5.32 Å². The van der Waals surface area contributed by atoms with Crippen molar-refractivity contribution in [2.24, 2.45) is 0 Å². The van der Waals surface area contributed by atoms with Crippen LogP contribution in [0.3, 0.4) is 0 Å². The highest BCUT2D eigenvalue weighted by atomic mass is 19.3. The number of rotatable bonds is 3. The number of nitrogens with one attached hydrogen (secondary N) is 1. The SMILES string of the molecule is CNC(=O)c1cc2nc(C3CC3)cc(C(F)F)n2n1. The standard InChI is InChI=1S/C12H12F2N4O/c1-15-12(19)8-5-10-16-7(6-2-3-6)4-9(11(13)14)18(10)17-8/h4-6,11H,2-3H2,1H3,(H,15,19). The van der Waals surface area contributed by atoms with Crippen LogP contribution in [0.2, 0.25) is 0 Å². The predicted octanol–water partition coefficient (Wildman–Crippen LogP) is 1.90. The lowest BCUT2D eigenvalue weighted by atomic mass is 10.2. The first-order valence-corrected chi connectivity index (χ1v) is 6.01. The van der Waals surface area contributed by atoms with E-state index in [1.807, 2.05) is 0 Å². The zero-order valence-corrected chi connectivity index (χ0v) is 10.2. The minimum Gasteiger partial charge on any atom is -0.354 e. The number of halogens is 2. The Morgan fingerprint density at radius 3 is 2.79 bits per heavy atom. The van der Waals surface area contributed by atoms with Crippen LogP contribution in [0.4, 0.5) is 8.78 Å². The molecular weight excluding hydrogens is 254 g/mol. The number of fused-ring (bicyclic) bond motifs is 1. The van der Waals surface area contributed by atoms with Gasteiger partial charge in [-0.15, -0.1) is 0 Å². The van der Waals surface area contributed by atoms with Crippen LogP contribution < -0.4 is 5.32 Å². The number of aromatic nitrogens is 3. The number of alkyl halides is 2. The molecule has 0 aliphatic heterocycles. The van der Waals surface area contributed by atoms with Gasteiger partial charge in [-0.1, -0.05) is 0 Å². The van der Waals surface area contributed by atoms with Crippen LogP contribution in [0.25, 0.3) is 5.65 Å². The van der Waals surface area contributed by atoms with Crippen molar-refractivity contribution in [3.05, 3.63) is 29.2 Å². The van der Waals surface area contributed by atoms with E-state index in [2.05, 4.69) is 15.4 Å². The maximum Gasteiger partial charge on any atom is 0.280 e. The summed E-state index contributed by atoms with van der Waals surface area (Å²) in [5, 5.41) is 6.30. The predicted molar refractivity (Wildman–Crippen MR) is 63.3 cm³/mol. The van der Waals surface area contributed by atoms with Crippen LogP contribution in [0.5, 0.6) is 0 Å². The molecule has 1 fully saturated rings. The highest BCUT2D eigenvalue weighted by Crippen LogP contribution is 2.40. The first-order valence-electron chi connectivity index (χ1n) is 6.01. The average molecular weight is 266 g/mol. The van der Waals surface area contributed by atoms with Gasteiger partial charge in [0.05, 0.1) is 0 Å². The van der Waals surface area contributed by atoms with Crippen molar-refractivity contribution in [2.45, 2.75) is 25.2 Å². The number of hydrogen-bond donors (Lipinski definition) is 1. The summed E-state index contributed by atoms with van der Waals surface area (Å²) < 4.78 is 27.2. The third-order valence-electron chi connectivity index (χ3n) is 3.15. The molecule has 0 bridgehead atoms. The fourth-order valence-electron chi connectivity index (χ4n) is 2.00. The summed E-state index contributed by atoms with van der Waals surface area (Å²) in [5.41, 5.74) is 0.816. The molecule has 100 valence electrons. The summed E-state index contributed by atoms with van der Waals surface area (Å²) in [6.07, 6.45) is -0.703. The van der Waals surface area contributed by atoms with Gasteiger partial charge in [-0.2, -0.15) is 5.10 Å². The second kappa shape index (κ2) is 4.25. The summed E-state index contributed by atoms with van der Waals surface area (Å²) in [4.78, 5) is 15.8. The molecule has 0 radical (unpaired) electrons. The summed E-state index contributed by atoms with van der Waals surface area (Å²) in [6.45, 7) is 0. The molecule has 19 heavy (non-hydrogen) atoms. The highest BCUT2D eigenvalue weighted by molar-refractivity contribution is 5.93. The third-order valence-corrected chi connectivity index (χ3v) is 3.15. The normalized spacial score (nSPS) is 15.2. The Labute approximate surface area is 107 Å². The van der Waals surface area contributed by atoms with Crippen LogP contribution in [-0.4, -0.2) is 27.6 Å². The molecule has 1 aliphatic carbocycles. The van der Waals surface area contributed by atoms with Crippen LogP contribution in [0, 0.1) is 0 Å². The first-order chi connectivity index (χ1) is 9.10. The highest BCUT2D eigenvalue weighted by Gasteiger charge is 2.28. The van der Waals surface area contributed by atoms with Crippen LogP contribution in [-0.2, 0) is 0 Å². The van der Waals surface area contributed by atoms with Crippen molar-refractivity contribution in [1.29, 1.82) is 0 Å². The van der Waals surface area contributed by atoms with Crippen LogP contribution in [0.1, 0.15) is 47.1 Å². The van der Waals surface area contributed by atoms with E-state index in [9.17, 15) is 13.6 Å². The molecule has 2 aromatic heterocycles. The second-order valence-corrected chi connectivity index (χ2v) is 4.56. The van der Waals surface area contributed by atoms with Gasteiger partial charge in [0.1, 0.15) is 5.69 Å². The zero-order valence-electron chi connectivity index (χ0n) is 10.2. The molecule has 0 aromatic carbocycles. The maximum absolute atomic E-state index is 13.1. The maximum atomic E-state index is 13.1. The molecule has 7 heteroatoms. The monoisotopic (exact) mass is 266 g/mol. The van der Waals surface area contributed by atoms with Gasteiger partial charge in [-0.3, -0.25) is 4.79 Å². The van der Waals surface area contributed by atoms with Gasteiger partial charge in [0.15, 0.2) is 11.3 Å². The molecular formula is C12H12F2N4O. The number of carbonyl (C=O) groups is 1. The lowest BCUT2D eigenvalue weighted by Gasteiger charge is -2.06. The second-order valence-electron chi connectivity index (χ2n) is 4.56. The Bertz CT molecular complexity index is 648. The first kappa shape index (κ1) is 12.0. The molecule has 0 saturated heterocycles. The van der Waals surface area contributed by atoms with Crippen molar-refractivity contribution >= 4 is 11.6 Å². The molecule has 3 rings (SSSR count). The number of carbonyl (C=O) groups excluding carboxylic acids is 1. The van der Waals surface area contributed by atoms with E-state index in [4.69, 9.17) is 0 Å². The molecule has 5 nitrogen and oxygen atoms in total. The molecule has 0 spiro atoms. The van der Waals surface area contributed by atoms with Gasteiger partial charge in [0, 0.05) is 24.7 Å². The lowest BCUT2D eigenvalue weighted by molar-refractivity contribution is 0.0957. The Hall–Kier alpha value is -2.05. The largest absolute Gasteiger partial charge is 0.354 e. The Morgan fingerprint density at radius 1 is 1.47 bits per heavy atom. The Morgan fingerprint density at radius 2 is 2.21 bits per heavy atom. The molecule has 1 N–H and O–H groups in total. The Kier molecular flexibility index (Phi) is 2.69. The Balaban J connectivity index is 2.18. The zero-order chi connectivity index (χ0) is 13.6. The summed E-state index contributed by atoms with van der Waals surface area (Å²) in [5.74, 6) is -0.153. The number of nitrogens with zero attached hydrogens (tertiary/aromatic N) is 3. The van der Waals surface area contributed by atoms with E-state index in [0.29, 0.717) is 11.3 Å². The van der Waals surface area contributed by atoms with Crippen molar-refractivity contribution in [3.63, 3.8) is 0 Å². The molecule has 0 unspecified atom stereocenters. The number of hydrogen-bond acceptors (Lipinski definition) is 3. The van der Waals surface area contributed by atoms with Gasteiger partial charge >= 0.3 is 0 Å². The van der Waals surface area contributed by atoms with Crippen molar-refractivity contribution in [2.75, 3.05) is 7.05 Å². The van der Waals surface area contributed by atoms with Crippen molar-refractivity contribution < 1.29 is 13.6 Å². The lowest BCUT2D eigenvalue weighted by Crippen LogP contribution is -2.18.